The summed E-state index contributed by atoms with van der Waals surface area (Å²) in [4.78, 5) is 71.1. The van der Waals surface area contributed by atoms with E-state index in [-0.39, 0.29) is 47.9 Å². The van der Waals surface area contributed by atoms with E-state index in [0.29, 0.717) is 57.9 Å². The van der Waals surface area contributed by atoms with E-state index in [1.807, 2.05) is 12.1 Å². The lowest BCUT2D eigenvalue weighted by molar-refractivity contribution is -0.136. The molecule has 4 aliphatic heterocycles. The van der Waals surface area contributed by atoms with Crippen molar-refractivity contribution in [3.05, 3.63) is 75.9 Å². The fraction of sp³-hybridized carbons (Fsp3) is 0.500. The SMILES string of the molecule is CN(C(=O)c1cc(N2C[C@@H]3C(CN4CC5CN(c6ccc(C(=O)NC7CCC(Oc8ccc(C#N)c(Cl)c8)CC7)nn6)CC5C4)[C@@H]3C2)ccc1C=O)C1CCC(=O)NC1=O. The summed E-state index contributed by atoms with van der Waals surface area (Å²) in [6.45, 7) is 6.85. The predicted molar refractivity (Wildman–Crippen MR) is 221 cm³/mol. The van der Waals surface area contributed by atoms with Crippen LogP contribution >= 0.6 is 11.6 Å². The minimum absolute atomic E-state index is 0.0216. The maximum absolute atomic E-state index is 13.5. The molecule has 3 aromatic rings. The average molecular weight is 834 g/mol. The maximum Gasteiger partial charge on any atom is 0.272 e. The minimum Gasteiger partial charge on any atom is -0.490 e. The quantitative estimate of drug-likeness (QED) is 0.212. The van der Waals surface area contributed by atoms with E-state index >= 15 is 0 Å². The number of hydrogen-bond acceptors (Lipinski definition) is 12. The van der Waals surface area contributed by atoms with Gasteiger partial charge in [0.1, 0.15) is 17.9 Å². The molecule has 2 aromatic carbocycles. The molecule has 9 rings (SSSR count). The van der Waals surface area contributed by atoms with E-state index in [0.717, 1.165) is 83.0 Å². The molecule has 2 aliphatic carbocycles. The largest absolute Gasteiger partial charge is 0.490 e. The highest BCUT2D eigenvalue weighted by atomic mass is 35.5. The van der Waals surface area contributed by atoms with Gasteiger partial charge in [-0.15, -0.1) is 10.2 Å². The van der Waals surface area contributed by atoms with E-state index in [1.54, 1.807) is 43.4 Å². The van der Waals surface area contributed by atoms with E-state index < -0.39 is 17.9 Å². The van der Waals surface area contributed by atoms with Crippen molar-refractivity contribution in [2.45, 2.75) is 56.7 Å². The zero-order valence-electron chi connectivity index (χ0n) is 33.5. The second-order valence-electron chi connectivity index (χ2n) is 17.4. The Hall–Kier alpha value is -5.59. The Morgan fingerprint density at radius 1 is 0.950 bits per heavy atom. The first kappa shape index (κ1) is 39.8. The number of carbonyl (C=O) groups is 5. The van der Waals surface area contributed by atoms with Crippen LogP contribution in [-0.4, -0.2) is 121 Å². The molecule has 4 saturated heterocycles. The number of amides is 4. The number of benzene rings is 2. The zero-order valence-corrected chi connectivity index (χ0v) is 34.2. The van der Waals surface area contributed by atoms with Gasteiger partial charge in [0, 0.05) is 82.6 Å². The topological polar surface area (TPSA) is 181 Å². The first-order chi connectivity index (χ1) is 29.0. The Labute approximate surface area is 353 Å². The summed E-state index contributed by atoms with van der Waals surface area (Å²) < 4.78 is 6.09. The number of anilines is 2. The van der Waals surface area contributed by atoms with Gasteiger partial charge in [-0.25, -0.2) is 0 Å². The average Bonchev–Trinajstić information content (AvgIpc) is 3.61. The first-order valence-electron chi connectivity index (χ1n) is 21.0. The van der Waals surface area contributed by atoms with Gasteiger partial charge in [0.15, 0.2) is 17.8 Å². The molecule has 4 unspecified atom stereocenters. The lowest BCUT2D eigenvalue weighted by atomic mass is 9.93. The van der Waals surface area contributed by atoms with Crippen molar-refractivity contribution in [3.8, 4) is 11.8 Å². The number of rotatable bonds is 11. The van der Waals surface area contributed by atoms with Crippen LogP contribution in [0.15, 0.2) is 48.5 Å². The molecule has 6 atom stereocenters. The third-order valence-electron chi connectivity index (χ3n) is 13.7. The number of carbonyl (C=O) groups excluding carboxylic acids is 5. The van der Waals surface area contributed by atoms with Crippen molar-refractivity contribution in [2.75, 3.05) is 62.7 Å². The number of ether oxygens (including phenoxy) is 1. The molecular formula is C44H48ClN9O6. The van der Waals surface area contributed by atoms with Crippen molar-refractivity contribution in [1.82, 2.24) is 30.6 Å². The van der Waals surface area contributed by atoms with Crippen molar-refractivity contribution in [1.29, 1.82) is 5.26 Å². The van der Waals surface area contributed by atoms with Crippen LogP contribution in [-0.2, 0) is 9.59 Å². The Balaban J connectivity index is 0.707. The van der Waals surface area contributed by atoms with E-state index in [4.69, 9.17) is 21.6 Å². The van der Waals surface area contributed by atoms with Crippen molar-refractivity contribution in [2.24, 2.45) is 29.6 Å². The standard InChI is InChI=1S/C44H48ClN9O6/c1-51(39-11-13-41(56)48-43(39)58)44(59)33-14-30(6-2-26(33)24-55)53-22-35-34(36(35)23-53)21-52-17-27-19-54(20-28(27)18-52)40-12-10-38(49-50-40)42(57)47-29-4-8-31(9-5-29)60-32-7-3-25(16-46)37(45)15-32/h2-3,6-7,10,12,14-15,24,27-29,31,34-36,39H,4-5,8-9,11,13,17-23H2,1H3,(H,47,57)(H,48,56,58)/t27?,28?,29?,31?,34?,35-,36+,39?. The highest BCUT2D eigenvalue weighted by molar-refractivity contribution is 6.31. The number of likely N-dealkylation sites (N-methyl/N-ethyl adjacent to an activating group) is 1. The van der Waals surface area contributed by atoms with Gasteiger partial charge in [0.2, 0.25) is 11.8 Å². The molecule has 1 aromatic heterocycles. The van der Waals surface area contributed by atoms with Gasteiger partial charge in [-0.2, -0.15) is 5.26 Å². The van der Waals surface area contributed by atoms with Crippen LogP contribution in [0.3, 0.4) is 0 Å². The Morgan fingerprint density at radius 3 is 2.35 bits per heavy atom. The van der Waals surface area contributed by atoms with E-state index in [9.17, 15) is 24.0 Å². The van der Waals surface area contributed by atoms with Crippen LogP contribution < -0.4 is 25.2 Å². The summed E-state index contributed by atoms with van der Waals surface area (Å²) in [5, 5.41) is 23.7. The molecule has 4 amide bonds. The van der Waals surface area contributed by atoms with Crippen LogP contribution in [0.5, 0.6) is 5.75 Å². The van der Waals surface area contributed by atoms with Gasteiger partial charge >= 0.3 is 0 Å². The van der Waals surface area contributed by atoms with Gasteiger partial charge in [-0.3, -0.25) is 29.3 Å². The molecule has 0 bridgehead atoms. The van der Waals surface area contributed by atoms with Gasteiger partial charge < -0.3 is 29.7 Å². The third-order valence-corrected chi connectivity index (χ3v) is 14.1. The van der Waals surface area contributed by atoms with Gasteiger partial charge in [0.25, 0.3) is 11.8 Å². The fourth-order valence-corrected chi connectivity index (χ4v) is 10.5. The molecule has 5 heterocycles. The summed E-state index contributed by atoms with van der Waals surface area (Å²) in [6.07, 6.45) is 4.28. The molecule has 0 spiro atoms. The van der Waals surface area contributed by atoms with Crippen LogP contribution in [0.25, 0.3) is 0 Å². The normalized spacial score (nSPS) is 28.4. The van der Waals surface area contributed by atoms with Crippen molar-refractivity contribution < 1.29 is 28.7 Å². The second kappa shape index (κ2) is 16.5. The number of nitriles is 1. The summed E-state index contributed by atoms with van der Waals surface area (Å²) >= 11 is 6.15. The van der Waals surface area contributed by atoms with Crippen LogP contribution in [0, 0.1) is 40.9 Å². The molecule has 0 radical (unpaired) electrons. The number of fused-ring (bicyclic) bond motifs is 2. The molecule has 60 heavy (non-hydrogen) atoms. The fourth-order valence-electron chi connectivity index (χ4n) is 10.3. The maximum atomic E-state index is 13.5. The molecule has 2 saturated carbocycles. The lowest BCUT2D eigenvalue weighted by Crippen LogP contribution is -2.53. The molecule has 6 fully saturated rings. The predicted octanol–water partition coefficient (Wildman–Crippen LogP) is 3.56. The number of imide groups is 1. The first-order valence-corrected chi connectivity index (χ1v) is 21.4. The summed E-state index contributed by atoms with van der Waals surface area (Å²) in [5.74, 6) is 2.92. The monoisotopic (exact) mass is 833 g/mol. The number of halogens is 1. The van der Waals surface area contributed by atoms with E-state index in [1.165, 1.54) is 4.90 Å². The number of likely N-dealkylation sites (tertiary alicyclic amines) is 1. The zero-order chi connectivity index (χ0) is 41.7. The number of nitrogens with zero attached hydrogens (tertiary/aromatic N) is 7. The summed E-state index contributed by atoms with van der Waals surface area (Å²) in [5.41, 5.74) is 2.17. The molecular weight excluding hydrogens is 786 g/mol. The van der Waals surface area contributed by atoms with Crippen molar-refractivity contribution in [3.63, 3.8) is 0 Å². The smallest absolute Gasteiger partial charge is 0.272 e. The number of hydrogen-bond donors (Lipinski definition) is 2. The van der Waals surface area contributed by atoms with Gasteiger partial charge in [-0.1, -0.05) is 11.6 Å². The van der Waals surface area contributed by atoms with Crippen LogP contribution in [0.2, 0.25) is 5.02 Å². The highest BCUT2D eigenvalue weighted by Crippen LogP contribution is 2.53. The second-order valence-corrected chi connectivity index (χ2v) is 17.8. The number of piperidine rings is 2. The summed E-state index contributed by atoms with van der Waals surface area (Å²) in [7, 11) is 1.54. The molecule has 16 heteroatoms. The van der Waals surface area contributed by atoms with Gasteiger partial charge in [0.05, 0.1) is 22.3 Å². The molecule has 15 nitrogen and oxygen atoms in total. The Bertz CT molecular complexity index is 2220. The van der Waals surface area contributed by atoms with Crippen LogP contribution in [0.4, 0.5) is 11.5 Å². The Morgan fingerprint density at radius 2 is 1.70 bits per heavy atom. The molecule has 312 valence electrons. The Kier molecular flexibility index (Phi) is 10.9. The minimum atomic E-state index is -0.763. The van der Waals surface area contributed by atoms with Crippen molar-refractivity contribution >= 4 is 53.0 Å². The number of aromatic nitrogens is 2. The number of nitrogens with one attached hydrogen (secondary N) is 2. The van der Waals surface area contributed by atoms with Gasteiger partial charge in [-0.05, 0) is 104 Å². The molecule has 2 N–H and O–H groups in total. The lowest BCUT2D eigenvalue weighted by Gasteiger charge is -2.30. The van der Waals surface area contributed by atoms with E-state index in [2.05, 4.69) is 41.6 Å². The highest BCUT2D eigenvalue weighted by Gasteiger charge is 2.56. The number of aldehydes is 1. The van der Waals surface area contributed by atoms with Crippen LogP contribution in [0.1, 0.15) is 75.3 Å². The third kappa shape index (κ3) is 8.02. The molecule has 6 aliphatic rings. The summed E-state index contributed by atoms with van der Waals surface area (Å²) in [6, 6.07) is 15.5.